The van der Waals surface area contributed by atoms with E-state index in [0.717, 1.165) is 13.0 Å². The first-order valence-electron chi connectivity index (χ1n) is 5.78. The fourth-order valence-corrected chi connectivity index (χ4v) is 2.48. The van der Waals surface area contributed by atoms with Gasteiger partial charge in [-0.15, -0.1) is 0 Å². The lowest BCUT2D eigenvalue weighted by molar-refractivity contribution is -0.122. The molecule has 2 nitrogen and oxygen atoms in total. The largest absolute Gasteiger partial charge is 0.314 e. The van der Waals surface area contributed by atoms with Crippen LogP contribution >= 0.6 is 11.6 Å². The van der Waals surface area contributed by atoms with Gasteiger partial charge in [0.05, 0.1) is 0 Å². The maximum absolute atomic E-state index is 13.1. The molecular formula is C13H15ClFNO. The molecule has 4 heteroatoms. The van der Waals surface area contributed by atoms with Gasteiger partial charge in [0.1, 0.15) is 11.6 Å². The molecule has 0 saturated carbocycles. The summed E-state index contributed by atoms with van der Waals surface area (Å²) in [6.07, 6.45) is 1.07. The van der Waals surface area contributed by atoms with Crippen LogP contribution in [0.4, 0.5) is 4.39 Å². The Balaban J connectivity index is 2.10. The minimum absolute atomic E-state index is 0.0225. The van der Waals surface area contributed by atoms with Crippen LogP contribution < -0.4 is 5.32 Å². The van der Waals surface area contributed by atoms with Crippen molar-refractivity contribution in [2.75, 3.05) is 6.54 Å². The number of benzene rings is 1. The van der Waals surface area contributed by atoms with E-state index in [1.165, 1.54) is 18.2 Å². The summed E-state index contributed by atoms with van der Waals surface area (Å²) >= 11 is 5.95. The average Bonchev–Trinajstić information content (AvgIpc) is 2.70. The van der Waals surface area contributed by atoms with Crippen molar-refractivity contribution in [2.24, 2.45) is 5.92 Å². The molecular weight excluding hydrogens is 241 g/mol. The van der Waals surface area contributed by atoms with Crippen molar-refractivity contribution in [1.82, 2.24) is 5.32 Å². The molecule has 1 saturated heterocycles. The second-order valence-corrected chi connectivity index (χ2v) is 4.92. The molecule has 0 aliphatic carbocycles. The van der Waals surface area contributed by atoms with E-state index in [9.17, 15) is 9.18 Å². The molecule has 0 spiro atoms. The molecule has 1 heterocycles. The molecule has 1 aliphatic heterocycles. The zero-order valence-electron chi connectivity index (χ0n) is 9.67. The van der Waals surface area contributed by atoms with E-state index in [4.69, 9.17) is 11.6 Å². The van der Waals surface area contributed by atoms with Crippen molar-refractivity contribution in [2.45, 2.75) is 25.8 Å². The summed E-state index contributed by atoms with van der Waals surface area (Å²) in [5.74, 6) is -0.195. The third kappa shape index (κ3) is 2.85. The second-order valence-electron chi connectivity index (χ2n) is 4.52. The third-order valence-electron chi connectivity index (χ3n) is 3.31. The van der Waals surface area contributed by atoms with Crippen molar-refractivity contribution < 1.29 is 9.18 Å². The number of hydrogen-bond donors (Lipinski definition) is 1. The SMILES string of the molecule is CC1NCCC1C(=O)Cc1cc(F)ccc1Cl. The lowest BCUT2D eigenvalue weighted by atomic mass is 9.92. The molecule has 1 N–H and O–H groups in total. The number of carbonyl (C=O) groups is 1. The van der Waals surface area contributed by atoms with Gasteiger partial charge in [-0.3, -0.25) is 4.79 Å². The Kier molecular flexibility index (Phi) is 3.79. The number of Topliss-reactive ketones (excluding diaryl/α,β-unsaturated/α-hetero) is 1. The summed E-state index contributed by atoms with van der Waals surface area (Å²) in [6.45, 7) is 2.87. The van der Waals surface area contributed by atoms with E-state index in [1.807, 2.05) is 6.92 Å². The van der Waals surface area contributed by atoms with E-state index >= 15 is 0 Å². The van der Waals surface area contributed by atoms with Gasteiger partial charge in [0.2, 0.25) is 0 Å². The summed E-state index contributed by atoms with van der Waals surface area (Å²) in [5.41, 5.74) is 0.579. The zero-order valence-corrected chi connectivity index (χ0v) is 10.4. The Hall–Kier alpha value is -0.930. The van der Waals surface area contributed by atoms with Gasteiger partial charge in [-0.1, -0.05) is 11.6 Å². The number of nitrogens with one attached hydrogen (secondary N) is 1. The molecule has 1 aliphatic rings. The average molecular weight is 256 g/mol. The first kappa shape index (κ1) is 12.5. The van der Waals surface area contributed by atoms with Crippen LogP contribution in [0.5, 0.6) is 0 Å². The summed E-state index contributed by atoms with van der Waals surface area (Å²) in [4.78, 5) is 12.1. The highest BCUT2D eigenvalue weighted by molar-refractivity contribution is 6.31. The zero-order chi connectivity index (χ0) is 12.4. The highest BCUT2D eigenvalue weighted by Gasteiger charge is 2.29. The fourth-order valence-electron chi connectivity index (χ4n) is 2.30. The number of halogens is 2. The fraction of sp³-hybridized carbons (Fsp3) is 0.462. The Labute approximate surface area is 105 Å². The Bertz CT molecular complexity index is 435. The van der Waals surface area contributed by atoms with Gasteiger partial charge in [0.15, 0.2) is 0 Å². The van der Waals surface area contributed by atoms with Crippen LogP contribution in [0.3, 0.4) is 0 Å². The van der Waals surface area contributed by atoms with Crippen LogP contribution in [-0.2, 0) is 11.2 Å². The van der Waals surface area contributed by atoms with Crippen LogP contribution in [0.1, 0.15) is 18.9 Å². The molecule has 92 valence electrons. The van der Waals surface area contributed by atoms with Gasteiger partial charge in [-0.2, -0.15) is 0 Å². The molecule has 2 rings (SSSR count). The lowest BCUT2D eigenvalue weighted by Gasteiger charge is -2.14. The van der Waals surface area contributed by atoms with E-state index in [0.29, 0.717) is 10.6 Å². The molecule has 0 bridgehead atoms. The van der Waals surface area contributed by atoms with Gasteiger partial charge < -0.3 is 5.32 Å². The smallest absolute Gasteiger partial charge is 0.141 e. The van der Waals surface area contributed by atoms with Crippen LogP contribution in [0.25, 0.3) is 0 Å². The first-order valence-corrected chi connectivity index (χ1v) is 6.16. The Morgan fingerprint density at radius 2 is 2.35 bits per heavy atom. The van der Waals surface area contributed by atoms with Crippen molar-refractivity contribution in [3.05, 3.63) is 34.6 Å². The first-order chi connectivity index (χ1) is 8.08. The number of hydrogen-bond acceptors (Lipinski definition) is 2. The minimum atomic E-state index is -0.352. The number of carbonyl (C=O) groups excluding carboxylic acids is 1. The third-order valence-corrected chi connectivity index (χ3v) is 3.68. The van der Waals surface area contributed by atoms with Gasteiger partial charge in [-0.05, 0) is 43.7 Å². The molecule has 17 heavy (non-hydrogen) atoms. The predicted octanol–water partition coefficient (Wildman–Crippen LogP) is 2.59. The lowest BCUT2D eigenvalue weighted by Crippen LogP contribution is -2.29. The van der Waals surface area contributed by atoms with E-state index in [1.54, 1.807) is 0 Å². The highest BCUT2D eigenvalue weighted by atomic mass is 35.5. The van der Waals surface area contributed by atoms with Gasteiger partial charge in [-0.25, -0.2) is 4.39 Å². The van der Waals surface area contributed by atoms with Crippen molar-refractivity contribution >= 4 is 17.4 Å². The number of rotatable bonds is 3. The topological polar surface area (TPSA) is 29.1 Å². The monoisotopic (exact) mass is 255 g/mol. The molecule has 0 radical (unpaired) electrons. The second kappa shape index (κ2) is 5.15. The maximum atomic E-state index is 13.1. The molecule has 2 atom stereocenters. The van der Waals surface area contributed by atoms with Gasteiger partial charge >= 0.3 is 0 Å². The summed E-state index contributed by atoms with van der Waals surface area (Å²) in [7, 11) is 0. The van der Waals surface area contributed by atoms with E-state index < -0.39 is 0 Å². The van der Waals surface area contributed by atoms with Crippen molar-refractivity contribution in [1.29, 1.82) is 0 Å². The Morgan fingerprint density at radius 1 is 1.59 bits per heavy atom. The quantitative estimate of drug-likeness (QED) is 0.900. The molecule has 1 aromatic rings. The van der Waals surface area contributed by atoms with Crippen LogP contribution in [0.2, 0.25) is 5.02 Å². The van der Waals surface area contributed by atoms with Crippen LogP contribution in [0.15, 0.2) is 18.2 Å². The van der Waals surface area contributed by atoms with E-state index in [-0.39, 0.29) is 30.0 Å². The maximum Gasteiger partial charge on any atom is 0.141 e. The van der Waals surface area contributed by atoms with Crippen molar-refractivity contribution in [3.63, 3.8) is 0 Å². The van der Waals surface area contributed by atoms with Gasteiger partial charge in [0.25, 0.3) is 0 Å². The summed E-state index contributed by atoms with van der Waals surface area (Å²) in [5, 5.41) is 3.69. The molecule has 0 amide bonds. The highest BCUT2D eigenvalue weighted by Crippen LogP contribution is 2.22. The molecule has 1 fully saturated rings. The summed E-state index contributed by atoms with van der Waals surface area (Å²) < 4.78 is 13.1. The minimum Gasteiger partial charge on any atom is -0.314 e. The molecule has 1 aromatic carbocycles. The van der Waals surface area contributed by atoms with E-state index in [2.05, 4.69) is 5.32 Å². The summed E-state index contributed by atoms with van der Waals surface area (Å²) in [6, 6.07) is 4.34. The van der Waals surface area contributed by atoms with Gasteiger partial charge in [0, 0.05) is 23.4 Å². The normalized spacial score (nSPS) is 23.9. The Morgan fingerprint density at radius 3 is 3.00 bits per heavy atom. The van der Waals surface area contributed by atoms with Crippen LogP contribution in [-0.4, -0.2) is 18.4 Å². The van der Waals surface area contributed by atoms with Crippen LogP contribution in [0, 0.1) is 11.7 Å². The number of ketones is 1. The molecule has 0 aromatic heterocycles. The standard InChI is InChI=1S/C13H15ClFNO/c1-8-11(4-5-16-8)13(17)7-9-6-10(15)2-3-12(9)14/h2-3,6,8,11,16H,4-5,7H2,1H3. The molecule has 2 unspecified atom stereocenters. The van der Waals surface area contributed by atoms with Crippen molar-refractivity contribution in [3.8, 4) is 0 Å². The predicted molar refractivity (Wildman–Crippen MR) is 65.7 cm³/mol.